The molecule has 0 aliphatic carbocycles. The van der Waals surface area contributed by atoms with Crippen LogP contribution in [0, 0.1) is 0 Å². The van der Waals surface area contributed by atoms with Crippen molar-refractivity contribution >= 4 is 17.7 Å². The molecule has 0 bridgehead atoms. The fourth-order valence-corrected chi connectivity index (χ4v) is 1.71. The van der Waals surface area contributed by atoms with Gasteiger partial charge in [0.15, 0.2) is 0 Å². The number of carbonyl (C=O) groups excluding carboxylic acids is 1. The average Bonchev–Trinajstić information content (AvgIpc) is 2.36. The van der Waals surface area contributed by atoms with E-state index >= 15 is 0 Å². The molecule has 68 valence electrons. The summed E-state index contributed by atoms with van der Waals surface area (Å²) >= 11 is 1.68. The van der Waals surface area contributed by atoms with Crippen LogP contribution >= 0.6 is 11.8 Å². The van der Waals surface area contributed by atoms with E-state index in [-0.39, 0.29) is 5.97 Å². The Balaban J connectivity index is 2.27. The van der Waals surface area contributed by atoms with Crippen molar-refractivity contribution in [2.75, 3.05) is 6.61 Å². The molecule has 1 heterocycles. The molecule has 1 atom stereocenters. The van der Waals surface area contributed by atoms with E-state index in [4.69, 9.17) is 4.74 Å². The van der Waals surface area contributed by atoms with Gasteiger partial charge in [0.2, 0.25) is 0 Å². The molecule has 4 heteroatoms. The number of hydrogen-bond donors (Lipinski definition) is 1. The molecule has 0 aromatic heterocycles. The topological polar surface area (TPSA) is 38.3 Å². The third kappa shape index (κ3) is 2.77. The molecule has 0 saturated heterocycles. The highest BCUT2D eigenvalue weighted by Crippen LogP contribution is 2.21. The highest BCUT2D eigenvalue weighted by molar-refractivity contribution is 8.02. The lowest BCUT2D eigenvalue weighted by Gasteiger charge is -2.06. The molecule has 0 spiro atoms. The summed E-state index contributed by atoms with van der Waals surface area (Å²) in [6, 6.07) is 0. The zero-order valence-corrected chi connectivity index (χ0v) is 8.11. The van der Waals surface area contributed by atoms with Crippen molar-refractivity contribution in [3.05, 3.63) is 11.1 Å². The summed E-state index contributed by atoms with van der Waals surface area (Å²) in [5.41, 5.74) is 0.964. The average molecular weight is 187 g/mol. The van der Waals surface area contributed by atoms with Gasteiger partial charge in [-0.15, -0.1) is 11.8 Å². The van der Waals surface area contributed by atoms with Crippen molar-refractivity contribution in [3.8, 4) is 0 Å². The van der Waals surface area contributed by atoms with Crippen LogP contribution in [0.15, 0.2) is 11.1 Å². The van der Waals surface area contributed by atoms with Crippen LogP contribution in [0.3, 0.4) is 0 Å². The van der Waals surface area contributed by atoms with Crippen LogP contribution in [0.5, 0.6) is 0 Å². The van der Waals surface area contributed by atoms with Gasteiger partial charge in [-0.25, -0.2) is 0 Å². The van der Waals surface area contributed by atoms with Gasteiger partial charge < -0.3 is 10.1 Å². The normalized spacial score (nSPS) is 21.5. The molecule has 12 heavy (non-hydrogen) atoms. The van der Waals surface area contributed by atoms with Gasteiger partial charge in [0.05, 0.1) is 18.4 Å². The van der Waals surface area contributed by atoms with Gasteiger partial charge in [0, 0.05) is 5.70 Å². The van der Waals surface area contributed by atoms with Crippen molar-refractivity contribution in [1.82, 2.24) is 5.32 Å². The fourth-order valence-electron chi connectivity index (χ4n) is 0.974. The first-order valence-corrected chi connectivity index (χ1v) is 4.93. The summed E-state index contributed by atoms with van der Waals surface area (Å²) in [4.78, 5) is 11.0. The van der Waals surface area contributed by atoms with E-state index in [9.17, 15) is 4.79 Å². The van der Waals surface area contributed by atoms with Crippen molar-refractivity contribution in [1.29, 1.82) is 0 Å². The Morgan fingerprint density at radius 3 is 3.08 bits per heavy atom. The number of thioether (sulfide) groups is 1. The lowest BCUT2D eigenvalue weighted by Crippen LogP contribution is -2.19. The van der Waals surface area contributed by atoms with Crippen LogP contribution in [0.4, 0.5) is 0 Å². The quantitative estimate of drug-likeness (QED) is 0.679. The minimum Gasteiger partial charge on any atom is -0.466 e. The Bertz CT molecular complexity index is 203. The van der Waals surface area contributed by atoms with Crippen LogP contribution in [0.25, 0.3) is 0 Å². The number of ether oxygens (including phenoxy) is 1. The number of rotatable bonds is 3. The van der Waals surface area contributed by atoms with Crippen LogP contribution in [0.2, 0.25) is 0 Å². The predicted molar refractivity (Wildman–Crippen MR) is 49.5 cm³/mol. The van der Waals surface area contributed by atoms with Crippen molar-refractivity contribution in [2.45, 2.75) is 25.6 Å². The number of esters is 1. The van der Waals surface area contributed by atoms with Gasteiger partial charge in [0.25, 0.3) is 0 Å². The van der Waals surface area contributed by atoms with Crippen molar-refractivity contribution in [3.63, 3.8) is 0 Å². The molecule has 1 aliphatic rings. The van der Waals surface area contributed by atoms with Gasteiger partial charge in [0.1, 0.15) is 0 Å². The number of hydrogen-bond acceptors (Lipinski definition) is 4. The summed E-state index contributed by atoms with van der Waals surface area (Å²) in [5, 5.41) is 5.52. The molecule has 0 aromatic rings. The van der Waals surface area contributed by atoms with Gasteiger partial charge in [-0.1, -0.05) is 0 Å². The van der Waals surface area contributed by atoms with Crippen LogP contribution in [0.1, 0.15) is 20.3 Å². The maximum atomic E-state index is 11.0. The molecule has 0 aromatic carbocycles. The summed E-state index contributed by atoms with van der Waals surface area (Å²) < 4.78 is 4.81. The van der Waals surface area contributed by atoms with E-state index in [1.165, 1.54) is 0 Å². The third-order valence-electron chi connectivity index (χ3n) is 1.44. The largest absolute Gasteiger partial charge is 0.466 e. The zero-order chi connectivity index (χ0) is 8.97. The zero-order valence-electron chi connectivity index (χ0n) is 7.29. The third-order valence-corrected chi connectivity index (χ3v) is 2.39. The minimum absolute atomic E-state index is 0.161. The second-order valence-electron chi connectivity index (χ2n) is 2.55. The first-order valence-electron chi connectivity index (χ1n) is 3.99. The van der Waals surface area contributed by atoms with Gasteiger partial charge in [-0.05, 0) is 19.3 Å². The smallest absolute Gasteiger partial charge is 0.311 e. The van der Waals surface area contributed by atoms with Gasteiger partial charge in [-0.3, -0.25) is 4.79 Å². The Kier molecular flexibility index (Phi) is 3.47. The molecular formula is C8H13NO2S. The second-order valence-corrected chi connectivity index (χ2v) is 3.76. The second kappa shape index (κ2) is 4.40. The lowest BCUT2D eigenvalue weighted by atomic mass is 10.3. The lowest BCUT2D eigenvalue weighted by molar-refractivity contribution is -0.142. The first kappa shape index (κ1) is 9.45. The van der Waals surface area contributed by atoms with Crippen LogP contribution in [-0.2, 0) is 9.53 Å². The highest BCUT2D eigenvalue weighted by atomic mass is 32.2. The van der Waals surface area contributed by atoms with Gasteiger partial charge in [-0.2, -0.15) is 0 Å². The summed E-state index contributed by atoms with van der Waals surface area (Å²) in [5.74, 6) is -0.161. The van der Waals surface area contributed by atoms with E-state index in [2.05, 4.69) is 12.2 Å². The number of carbonyl (C=O) groups is 1. The predicted octanol–water partition coefficient (Wildman–Crippen LogP) is 1.46. The molecule has 0 fully saturated rings. The molecule has 0 amide bonds. The van der Waals surface area contributed by atoms with E-state index < -0.39 is 0 Å². The Labute approximate surface area is 76.5 Å². The minimum atomic E-state index is -0.161. The summed E-state index contributed by atoms with van der Waals surface area (Å²) in [6.45, 7) is 4.32. The van der Waals surface area contributed by atoms with Crippen molar-refractivity contribution < 1.29 is 9.53 Å². The van der Waals surface area contributed by atoms with E-state index in [0.29, 0.717) is 18.4 Å². The van der Waals surface area contributed by atoms with Crippen LogP contribution < -0.4 is 5.32 Å². The van der Waals surface area contributed by atoms with E-state index in [0.717, 1.165) is 5.70 Å². The molecule has 1 unspecified atom stereocenters. The summed E-state index contributed by atoms with van der Waals surface area (Å²) in [6.07, 6.45) is 0.366. The molecule has 0 saturated carbocycles. The molecule has 1 rings (SSSR count). The Morgan fingerprint density at radius 1 is 1.83 bits per heavy atom. The fraction of sp³-hybridized carbons (Fsp3) is 0.625. The van der Waals surface area contributed by atoms with Crippen LogP contribution in [-0.4, -0.2) is 18.0 Å². The SMILES string of the molecule is CCOC(=O)CC1=CSC(C)N1. The molecule has 3 nitrogen and oxygen atoms in total. The monoisotopic (exact) mass is 187 g/mol. The van der Waals surface area contributed by atoms with E-state index in [1.54, 1.807) is 11.8 Å². The highest BCUT2D eigenvalue weighted by Gasteiger charge is 2.14. The molecular weight excluding hydrogens is 174 g/mol. The van der Waals surface area contributed by atoms with E-state index in [1.807, 2.05) is 12.3 Å². The first-order chi connectivity index (χ1) is 5.72. The standard InChI is InChI=1S/C8H13NO2S/c1-3-11-8(10)4-7-5-12-6(2)9-7/h5-6,9H,3-4H2,1-2H3. The van der Waals surface area contributed by atoms with Crippen molar-refractivity contribution in [2.24, 2.45) is 0 Å². The number of nitrogens with one attached hydrogen (secondary N) is 1. The maximum absolute atomic E-state index is 11.0. The molecule has 1 aliphatic heterocycles. The van der Waals surface area contributed by atoms with Gasteiger partial charge >= 0.3 is 5.97 Å². The molecule has 1 N–H and O–H groups in total. The molecule has 0 radical (unpaired) electrons. The Hall–Kier alpha value is -0.640. The summed E-state index contributed by atoms with van der Waals surface area (Å²) in [7, 11) is 0. The maximum Gasteiger partial charge on any atom is 0.311 e. The Morgan fingerprint density at radius 2 is 2.58 bits per heavy atom.